The number of aromatic nitrogens is 6. The van der Waals surface area contributed by atoms with Gasteiger partial charge in [-0.05, 0) is 30.7 Å². The molecule has 1 aliphatic carbocycles. The van der Waals surface area contributed by atoms with E-state index in [1.165, 1.54) is 4.68 Å². The Morgan fingerprint density at radius 1 is 1.00 bits per heavy atom. The summed E-state index contributed by atoms with van der Waals surface area (Å²) in [5, 5.41) is 8.55. The Bertz CT molecular complexity index is 1380. The van der Waals surface area contributed by atoms with Crippen molar-refractivity contribution in [1.29, 1.82) is 0 Å². The summed E-state index contributed by atoms with van der Waals surface area (Å²) in [4.78, 5) is 31.2. The first kappa shape index (κ1) is 22.2. The van der Waals surface area contributed by atoms with E-state index in [2.05, 4.69) is 56.2 Å². The van der Waals surface area contributed by atoms with E-state index in [0.717, 1.165) is 36.0 Å². The Morgan fingerprint density at radius 3 is 2.42 bits per heavy atom. The normalized spacial score (nSPS) is 16.9. The molecule has 0 bridgehead atoms. The molecule has 1 saturated heterocycles. The zero-order chi connectivity index (χ0) is 24.5. The van der Waals surface area contributed by atoms with Gasteiger partial charge in [0, 0.05) is 37.2 Å². The molecule has 2 aliphatic rings. The third kappa shape index (κ3) is 3.87. The van der Waals surface area contributed by atoms with Gasteiger partial charge in [0.25, 0.3) is 5.89 Å². The highest BCUT2D eigenvalue weighted by atomic mass is 16.5. The van der Waals surface area contributed by atoms with Gasteiger partial charge in [0.05, 0.1) is 30.4 Å². The van der Waals surface area contributed by atoms with Crippen molar-refractivity contribution < 1.29 is 14.1 Å². The van der Waals surface area contributed by atoms with Crippen LogP contribution in [0.5, 0.6) is 0 Å². The second-order valence-corrected chi connectivity index (χ2v) is 8.92. The van der Waals surface area contributed by atoms with Crippen LogP contribution in [-0.2, 0) is 10.2 Å². The predicted molar refractivity (Wildman–Crippen MR) is 130 cm³/mol. The highest BCUT2D eigenvalue weighted by Crippen LogP contribution is 2.48. The number of hydrogen-bond donors (Lipinski definition) is 0. The lowest BCUT2D eigenvalue weighted by molar-refractivity contribution is 0.0528. The molecule has 11 heteroatoms. The maximum atomic E-state index is 12.7. The van der Waals surface area contributed by atoms with Gasteiger partial charge in [0.1, 0.15) is 0 Å². The molecule has 11 nitrogen and oxygen atoms in total. The van der Waals surface area contributed by atoms with E-state index in [1.54, 1.807) is 29.7 Å². The topological polar surface area (TPSA) is 124 Å². The number of nitrogens with zero attached hydrogens (tertiary/aromatic N) is 8. The molecule has 0 spiro atoms. The number of morpholine rings is 1. The van der Waals surface area contributed by atoms with Gasteiger partial charge < -0.3 is 14.2 Å². The average molecular weight is 485 g/mol. The number of hydrogen-bond acceptors (Lipinski definition) is 9. The first-order valence-corrected chi connectivity index (χ1v) is 11.8. The SMILES string of the molecule is C=Nc1ncc(-c2ccc(C3(c4noc(-c5cnn(C(=O)N6CCOCC6)c5)n4)CCC3)cc2)cn1. The number of carbonyl (C=O) groups is 1. The molecule has 36 heavy (non-hydrogen) atoms. The molecule has 0 atom stereocenters. The van der Waals surface area contributed by atoms with Gasteiger partial charge in [-0.3, -0.25) is 0 Å². The molecule has 1 saturated carbocycles. The largest absolute Gasteiger partial charge is 0.378 e. The number of carbonyl (C=O) groups excluding carboxylic acids is 1. The van der Waals surface area contributed by atoms with E-state index in [1.807, 2.05) is 0 Å². The summed E-state index contributed by atoms with van der Waals surface area (Å²) in [6.45, 7) is 5.60. The first-order valence-electron chi connectivity index (χ1n) is 11.8. The minimum atomic E-state index is -0.299. The Kier molecular flexibility index (Phi) is 5.61. The molecule has 0 N–H and O–H groups in total. The lowest BCUT2D eigenvalue weighted by Crippen LogP contribution is -2.43. The van der Waals surface area contributed by atoms with Gasteiger partial charge >= 0.3 is 6.03 Å². The summed E-state index contributed by atoms with van der Waals surface area (Å²) in [6.07, 6.45) is 9.63. The molecule has 1 aliphatic heterocycles. The average Bonchev–Trinajstić information content (AvgIpc) is 3.59. The van der Waals surface area contributed by atoms with Crippen molar-refractivity contribution in [2.45, 2.75) is 24.7 Å². The van der Waals surface area contributed by atoms with Gasteiger partial charge in [-0.2, -0.15) is 14.8 Å². The molecule has 182 valence electrons. The molecule has 4 heterocycles. The molecule has 1 amide bonds. The quantitative estimate of drug-likeness (QED) is 0.394. The van der Waals surface area contributed by atoms with Crippen molar-refractivity contribution >= 4 is 18.7 Å². The maximum absolute atomic E-state index is 12.7. The van der Waals surface area contributed by atoms with Crippen LogP contribution in [0.2, 0.25) is 0 Å². The van der Waals surface area contributed by atoms with Crippen LogP contribution in [0.1, 0.15) is 30.7 Å². The molecule has 6 rings (SSSR count). The van der Waals surface area contributed by atoms with Gasteiger partial charge in [-0.25, -0.2) is 19.8 Å². The van der Waals surface area contributed by atoms with E-state index in [0.29, 0.717) is 49.5 Å². The summed E-state index contributed by atoms with van der Waals surface area (Å²) in [7, 11) is 0. The molecular formula is C25H24N8O3. The monoisotopic (exact) mass is 484 g/mol. The number of ether oxygens (including phenoxy) is 1. The van der Waals surface area contributed by atoms with E-state index in [4.69, 9.17) is 14.2 Å². The van der Waals surface area contributed by atoms with Gasteiger partial charge in [0.15, 0.2) is 5.82 Å². The van der Waals surface area contributed by atoms with E-state index >= 15 is 0 Å². The molecule has 3 aromatic heterocycles. The second kappa shape index (κ2) is 9.08. The molecule has 2 fully saturated rings. The predicted octanol–water partition coefficient (Wildman–Crippen LogP) is 3.49. The molecule has 0 radical (unpaired) electrons. The Morgan fingerprint density at radius 2 is 1.75 bits per heavy atom. The molecule has 1 aromatic carbocycles. The minimum absolute atomic E-state index is 0.194. The van der Waals surface area contributed by atoms with E-state index < -0.39 is 0 Å². The third-order valence-corrected chi connectivity index (χ3v) is 6.92. The fourth-order valence-electron chi connectivity index (χ4n) is 4.68. The highest BCUT2D eigenvalue weighted by Gasteiger charge is 2.44. The van der Waals surface area contributed by atoms with E-state index in [9.17, 15) is 4.79 Å². The van der Waals surface area contributed by atoms with Crippen molar-refractivity contribution in [2.24, 2.45) is 4.99 Å². The van der Waals surface area contributed by atoms with Crippen LogP contribution in [0.25, 0.3) is 22.6 Å². The summed E-state index contributed by atoms with van der Waals surface area (Å²) in [5.41, 5.74) is 3.36. The van der Waals surface area contributed by atoms with Crippen molar-refractivity contribution in [1.82, 2.24) is 34.8 Å². The summed E-state index contributed by atoms with van der Waals surface area (Å²) < 4.78 is 12.2. The van der Waals surface area contributed by atoms with Crippen LogP contribution >= 0.6 is 0 Å². The number of benzene rings is 1. The van der Waals surface area contributed by atoms with E-state index in [-0.39, 0.29) is 11.4 Å². The van der Waals surface area contributed by atoms with Crippen molar-refractivity contribution in [2.75, 3.05) is 26.3 Å². The van der Waals surface area contributed by atoms with Crippen molar-refractivity contribution in [3.8, 4) is 22.6 Å². The highest BCUT2D eigenvalue weighted by molar-refractivity contribution is 5.77. The lowest BCUT2D eigenvalue weighted by atomic mass is 9.64. The van der Waals surface area contributed by atoms with Crippen LogP contribution in [-0.4, -0.2) is 73.8 Å². The molecular weight excluding hydrogens is 460 g/mol. The minimum Gasteiger partial charge on any atom is -0.378 e. The lowest BCUT2D eigenvalue weighted by Gasteiger charge is -2.39. The summed E-state index contributed by atoms with van der Waals surface area (Å²) in [6, 6.07) is 8.11. The van der Waals surface area contributed by atoms with Crippen LogP contribution in [0, 0.1) is 0 Å². The zero-order valence-electron chi connectivity index (χ0n) is 19.6. The van der Waals surface area contributed by atoms with Crippen LogP contribution in [0.15, 0.2) is 58.6 Å². The summed E-state index contributed by atoms with van der Waals surface area (Å²) in [5.74, 6) is 1.35. The van der Waals surface area contributed by atoms with Crippen molar-refractivity contribution in [3.63, 3.8) is 0 Å². The number of rotatable bonds is 5. The van der Waals surface area contributed by atoms with Gasteiger partial charge in [-0.15, -0.1) is 0 Å². The number of amides is 1. The fraction of sp³-hybridized carbons (Fsp3) is 0.320. The van der Waals surface area contributed by atoms with Crippen molar-refractivity contribution in [3.05, 3.63) is 60.4 Å². The smallest absolute Gasteiger partial charge is 0.344 e. The van der Waals surface area contributed by atoms with Gasteiger partial charge in [-0.1, -0.05) is 35.8 Å². The van der Waals surface area contributed by atoms with Gasteiger partial charge in [0.2, 0.25) is 5.95 Å². The zero-order valence-corrected chi connectivity index (χ0v) is 19.6. The number of aliphatic imine (C=N–C) groups is 1. The first-order chi connectivity index (χ1) is 17.7. The maximum Gasteiger partial charge on any atom is 0.344 e. The molecule has 4 aromatic rings. The Labute approximate surface area is 206 Å². The Hall–Kier alpha value is -4.25. The summed E-state index contributed by atoms with van der Waals surface area (Å²) >= 11 is 0. The third-order valence-electron chi connectivity index (χ3n) is 6.92. The van der Waals surface area contributed by atoms with Crippen LogP contribution in [0.4, 0.5) is 10.7 Å². The standard InChI is InChI=1S/C25H24N8O3/c1-26-23-27-13-18(14-28-23)17-3-5-20(6-4-17)25(7-2-8-25)22-30-21(36-31-22)19-15-29-33(16-19)24(34)32-9-11-35-12-10-32/h3-6,13-16H,1-2,7-12H2. The van der Waals surface area contributed by atoms with Crippen LogP contribution < -0.4 is 0 Å². The van der Waals surface area contributed by atoms with Crippen LogP contribution in [0.3, 0.4) is 0 Å². The molecule has 0 unspecified atom stereocenters. The Balaban J connectivity index is 1.23. The second-order valence-electron chi connectivity index (χ2n) is 8.92. The fourth-order valence-corrected chi connectivity index (χ4v) is 4.68.